The first-order chi connectivity index (χ1) is 16.5. The number of ether oxygens (including phenoxy) is 2. The number of nitrogens with zero attached hydrogens (tertiary/aromatic N) is 4. The molecule has 0 radical (unpaired) electrons. The summed E-state index contributed by atoms with van der Waals surface area (Å²) in [5.41, 5.74) is 5.89. The van der Waals surface area contributed by atoms with E-state index in [1.807, 2.05) is 30.3 Å². The van der Waals surface area contributed by atoms with Crippen molar-refractivity contribution in [3.8, 4) is 24.0 Å². The van der Waals surface area contributed by atoms with Gasteiger partial charge in [0.25, 0.3) is 0 Å². The molecule has 2 unspecified atom stereocenters. The molecule has 0 bridgehead atoms. The zero-order valence-electron chi connectivity index (χ0n) is 18.9. The third-order valence-electron chi connectivity index (χ3n) is 6.65. The van der Waals surface area contributed by atoms with Crippen LogP contribution < -0.4 is 10.5 Å². The highest BCUT2D eigenvalue weighted by Gasteiger charge is 2.56. The predicted octanol–water partition coefficient (Wildman–Crippen LogP) is 3.73. The lowest BCUT2D eigenvalue weighted by Gasteiger charge is -2.45. The Bertz CT molecular complexity index is 1340. The van der Waals surface area contributed by atoms with Crippen molar-refractivity contribution in [2.24, 2.45) is 17.1 Å². The average molecular weight is 454 g/mol. The minimum Gasteiger partial charge on any atom is -0.496 e. The van der Waals surface area contributed by atoms with E-state index in [-0.39, 0.29) is 31.0 Å². The van der Waals surface area contributed by atoms with Gasteiger partial charge in [-0.15, -0.1) is 0 Å². The molecule has 2 aliphatic rings. The van der Waals surface area contributed by atoms with Crippen molar-refractivity contribution in [2.75, 3.05) is 26.8 Å². The lowest BCUT2D eigenvalue weighted by Crippen LogP contribution is -2.49. The number of rotatable bonds is 3. The number of amides is 1. The zero-order chi connectivity index (χ0) is 24.5. The Labute approximate surface area is 197 Å². The number of carbonyl (C=O) groups excluding carboxylic acids is 1. The van der Waals surface area contributed by atoms with Crippen molar-refractivity contribution in [1.82, 2.24) is 4.90 Å². The molecule has 1 heterocycles. The first kappa shape index (κ1) is 22.7. The van der Waals surface area contributed by atoms with Gasteiger partial charge in [-0.2, -0.15) is 15.8 Å². The van der Waals surface area contributed by atoms with Crippen LogP contribution in [0.4, 0.5) is 4.79 Å². The SMILES string of the molecule is CCOC(=O)N1CC=C2C(C#N)=C(N)C(C#N)(C#N)C(c3c(OC)ccc4ccccc34)C2C1. The molecule has 2 atom stereocenters. The highest BCUT2D eigenvalue weighted by Crippen LogP contribution is 2.57. The lowest BCUT2D eigenvalue weighted by atomic mass is 9.57. The van der Waals surface area contributed by atoms with Gasteiger partial charge in [-0.3, -0.25) is 0 Å². The molecule has 8 nitrogen and oxygen atoms in total. The number of allylic oxidation sites excluding steroid dienone is 2. The second-order valence-corrected chi connectivity index (χ2v) is 8.18. The summed E-state index contributed by atoms with van der Waals surface area (Å²) in [7, 11) is 1.53. The van der Waals surface area contributed by atoms with E-state index in [1.54, 1.807) is 19.1 Å². The van der Waals surface area contributed by atoms with Gasteiger partial charge in [0.2, 0.25) is 0 Å². The fraction of sp³-hybridized carbons (Fsp3) is 0.308. The smallest absolute Gasteiger partial charge is 0.410 e. The minimum absolute atomic E-state index is 0.0768. The lowest BCUT2D eigenvalue weighted by molar-refractivity contribution is 0.0998. The third-order valence-corrected chi connectivity index (χ3v) is 6.65. The summed E-state index contributed by atoms with van der Waals surface area (Å²) < 4.78 is 10.9. The molecule has 4 rings (SSSR count). The summed E-state index contributed by atoms with van der Waals surface area (Å²) >= 11 is 0. The first-order valence-electron chi connectivity index (χ1n) is 10.9. The van der Waals surface area contributed by atoms with Crippen LogP contribution >= 0.6 is 0 Å². The maximum atomic E-state index is 12.6. The van der Waals surface area contributed by atoms with E-state index >= 15 is 0 Å². The van der Waals surface area contributed by atoms with Crippen molar-refractivity contribution >= 4 is 16.9 Å². The van der Waals surface area contributed by atoms with Gasteiger partial charge in [-0.1, -0.05) is 36.4 Å². The quantitative estimate of drug-likeness (QED) is 0.747. The van der Waals surface area contributed by atoms with Gasteiger partial charge >= 0.3 is 6.09 Å². The van der Waals surface area contributed by atoms with Crippen molar-refractivity contribution in [2.45, 2.75) is 12.8 Å². The third kappa shape index (κ3) is 3.22. The normalized spacial score (nSPS) is 20.9. The van der Waals surface area contributed by atoms with Crippen LogP contribution in [0, 0.1) is 45.3 Å². The molecule has 1 aliphatic heterocycles. The van der Waals surface area contributed by atoms with Crippen molar-refractivity contribution < 1.29 is 14.3 Å². The van der Waals surface area contributed by atoms with Gasteiger partial charge in [-0.05, 0) is 29.3 Å². The van der Waals surface area contributed by atoms with E-state index in [0.717, 1.165) is 10.8 Å². The van der Waals surface area contributed by atoms with Gasteiger partial charge in [-0.25, -0.2) is 4.79 Å². The number of nitrogens with two attached hydrogens (primary N) is 1. The molecule has 0 spiro atoms. The number of fused-ring (bicyclic) bond motifs is 2. The molecule has 0 aromatic heterocycles. The summed E-state index contributed by atoms with van der Waals surface area (Å²) in [5.74, 6) is -0.859. The Morgan fingerprint density at radius 3 is 2.59 bits per heavy atom. The standard InChI is InChI=1S/C26H23N5O3/c1-3-34-25(32)31-11-10-18-19(12-27)24(30)26(14-28,15-29)23(20(18)13-31)22-17-7-5-4-6-16(17)8-9-21(22)33-2/h4-10,20,23H,3,11,13,30H2,1-2H3. The molecule has 2 aromatic carbocycles. The van der Waals surface area contributed by atoms with Crippen LogP contribution in [0.3, 0.4) is 0 Å². The molecule has 8 heteroatoms. The summed E-state index contributed by atoms with van der Waals surface area (Å²) in [4.78, 5) is 14.1. The van der Waals surface area contributed by atoms with Crippen molar-refractivity contribution in [1.29, 1.82) is 15.8 Å². The minimum atomic E-state index is -1.85. The average Bonchev–Trinajstić information content (AvgIpc) is 2.87. The summed E-state index contributed by atoms with van der Waals surface area (Å²) in [6, 6.07) is 17.7. The monoisotopic (exact) mass is 453 g/mol. The molecule has 1 amide bonds. The maximum absolute atomic E-state index is 12.6. The fourth-order valence-corrected chi connectivity index (χ4v) is 5.13. The van der Waals surface area contributed by atoms with Crippen LogP contribution in [-0.2, 0) is 4.74 Å². The number of nitriles is 3. The Balaban J connectivity index is 2.06. The molecule has 1 aliphatic carbocycles. The van der Waals surface area contributed by atoms with Gasteiger partial charge in [0.1, 0.15) is 11.8 Å². The van der Waals surface area contributed by atoms with Crippen LogP contribution in [0.1, 0.15) is 18.4 Å². The molecule has 0 fully saturated rings. The van der Waals surface area contributed by atoms with E-state index in [4.69, 9.17) is 15.2 Å². The van der Waals surface area contributed by atoms with E-state index in [0.29, 0.717) is 16.9 Å². The van der Waals surface area contributed by atoms with Crippen molar-refractivity contribution in [3.63, 3.8) is 0 Å². The van der Waals surface area contributed by atoms with Crippen LogP contribution in [-0.4, -0.2) is 37.8 Å². The Kier molecular flexibility index (Phi) is 5.88. The molecule has 2 N–H and O–H groups in total. The number of hydrogen-bond donors (Lipinski definition) is 1. The van der Waals surface area contributed by atoms with E-state index in [2.05, 4.69) is 18.2 Å². The molecule has 34 heavy (non-hydrogen) atoms. The largest absolute Gasteiger partial charge is 0.496 e. The second-order valence-electron chi connectivity index (χ2n) is 8.18. The number of methoxy groups -OCH3 is 1. The highest BCUT2D eigenvalue weighted by atomic mass is 16.6. The van der Waals surface area contributed by atoms with Crippen LogP contribution in [0.2, 0.25) is 0 Å². The summed E-state index contributed by atoms with van der Waals surface area (Å²) in [5, 5.41) is 32.4. The Morgan fingerprint density at radius 1 is 1.21 bits per heavy atom. The number of hydrogen-bond acceptors (Lipinski definition) is 7. The van der Waals surface area contributed by atoms with Crippen LogP contribution in [0.25, 0.3) is 10.8 Å². The van der Waals surface area contributed by atoms with E-state index in [1.165, 1.54) is 12.0 Å². The number of benzene rings is 2. The van der Waals surface area contributed by atoms with Gasteiger partial charge in [0.15, 0.2) is 5.41 Å². The second kappa shape index (κ2) is 8.81. The van der Waals surface area contributed by atoms with Gasteiger partial charge < -0.3 is 20.1 Å². The summed E-state index contributed by atoms with van der Waals surface area (Å²) in [6.07, 6.45) is 1.27. The first-order valence-corrected chi connectivity index (χ1v) is 10.9. The van der Waals surface area contributed by atoms with Crippen molar-refractivity contribution in [3.05, 3.63) is 64.9 Å². The summed E-state index contributed by atoms with van der Waals surface area (Å²) in [6.45, 7) is 2.33. The maximum Gasteiger partial charge on any atom is 0.410 e. The molecule has 0 saturated heterocycles. The molecular formula is C26H23N5O3. The molecule has 2 aromatic rings. The van der Waals surface area contributed by atoms with E-state index < -0.39 is 23.3 Å². The topological polar surface area (TPSA) is 136 Å². The number of carbonyl (C=O) groups is 1. The Morgan fingerprint density at radius 2 is 1.94 bits per heavy atom. The van der Waals surface area contributed by atoms with Gasteiger partial charge in [0.05, 0.1) is 37.1 Å². The molecule has 0 saturated carbocycles. The van der Waals surface area contributed by atoms with Gasteiger partial charge in [0, 0.05) is 30.5 Å². The predicted molar refractivity (Wildman–Crippen MR) is 124 cm³/mol. The Hall–Kier alpha value is -4.48. The zero-order valence-corrected chi connectivity index (χ0v) is 18.9. The molecular weight excluding hydrogens is 430 g/mol. The highest BCUT2D eigenvalue weighted by molar-refractivity contribution is 5.89. The fourth-order valence-electron chi connectivity index (χ4n) is 5.13. The molecule has 170 valence electrons. The van der Waals surface area contributed by atoms with E-state index in [9.17, 15) is 20.6 Å². The van der Waals surface area contributed by atoms with Crippen LogP contribution in [0.15, 0.2) is 59.3 Å². The van der Waals surface area contributed by atoms with Crippen LogP contribution in [0.5, 0.6) is 5.75 Å².